The minimum atomic E-state index is -0.462. The molecule has 0 aromatic heterocycles. The molecule has 0 aromatic carbocycles. The number of hydrogen-bond acceptors (Lipinski definition) is 4. The predicted octanol–water partition coefficient (Wildman–Crippen LogP) is 1.30. The van der Waals surface area contributed by atoms with Gasteiger partial charge in [0, 0.05) is 14.1 Å². The fraction of sp³-hybridized carbons (Fsp3) is 0.818. The van der Waals surface area contributed by atoms with Crippen molar-refractivity contribution in [1.82, 2.24) is 9.80 Å². The molecule has 0 aliphatic carbocycles. The molecule has 0 aromatic rings. The van der Waals surface area contributed by atoms with E-state index in [0.717, 1.165) is 10.7 Å². The summed E-state index contributed by atoms with van der Waals surface area (Å²) in [5.41, 5.74) is -0.462. The standard InChI is InChI=1S/C11H18N2O2S2/c1-11(2)13-7(5-6-15-11)8(9(13)14)17-10(16)12(3)4/h7-8H,5-6H2,1-4H3. The van der Waals surface area contributed by atoms with E-state index in [-0.39, 0.29) is 17.2 Å². The number of fused-ring (bicyclic) bond motifs is 1. The van der Waals surface area contributed by atoms with Crippen LogP contribution in [0.2, 0.25) is 0 Å². The summed E-state index contributed by atoms with van der Waals surface area (Å²) in [5, 5.41) is -0.0203. The number of carbonyl (C=O) groups is 1. The first kappa shape index (κ1) is 13.1. The lowest BCUT2D eigenvalue weighted by molar-refractivity contribution is -0.216. The van der Waals surface area contributed by atoms with E-state index in [1.165, 1.54) is 11.8 Å². The highest BCUT2D eigenvalue weighted by atomic mass is 32.2. The topological polar surface area (TPSA) is 32.8 Å². The van der Waals surface area contributed by atoms with Crippen molar-refractivity contribution in [3.8, 4) is 0 Å². The second-order valence-corrected chi connectivity index (χ2v) is 6.83. The lowest BCUT2D eigenvalue weighted by atomic mass is 9.92. The molecule has 2 rings (SSSR count). The van der Waals surface area contributed by atoms with E-state index in [2.05, 4.69) is 0 Å². The Morgan fingerprint density at radius 3 is 2.82 bits per heavy atom. The van der Waals surface area contributed by atoms with Gasteiger partial charge in [-0.1, -0.05) is 24.0 Å². The number of nitrogens with zero attached hydrogens (tertiary/aromatic N) is 2. The number of carbonyl (C=O) groups excluding carboxylic acids is 1. The maximum atomic E-state index is 12.1. The lowest BCUT2D eigenvalue weighted by Crippen LogP contribution is -2.73. The highest BCUT2D eigenvalue weighted by Crippen LogP contribution is 2.42. The van der Waals surface area contributed by atoms with Crippen LogP contribution in [-0.2, 0) is 9.53 Å². The van der Waals surface area contributed by atoms with Gasteiger partial charge in [-0.15, -0.1) is 0 Å². The van der Waals surface area contributed by atoms with Crippen LogP contribution in [0, 0.1) is 0 Å². The summed E-state index contributed by atoms with van der Waals surface area (Å²) < 4.78 is 6.39. The maximum absolute atomic E-state index is 12.1. The number of amides is 1. The third-order valence-corrected chi connectivity index (χ3v) is 5.19. The minimum Gasteiger partial charge on any atom is -0.364 e. The van der Waals surface area contributed by atoms with Gasteiger partial charge in [-0.05, 0) is 20.3 Å². The molecule has 0 bridgehead atoms. The van der Waals surface area contributed by atoms with Crippen molar-refractivity contribution >= 4 is 34.2 Å². The van der Waals surface area contributed by atoms with Gasteiger partial charge in [-0.25, -0.2) is 0 Å². The molecule has 17 heavy (non-hydrogen) atoms. The van der Waals surface area contributed by atoms with Gasteiger partial charge in [0.1, 0.15) is 15.3 Å². The molecule has 2 heterocycles. The largest absolute Gasteiger partial charge is 0.364 e. The first-order valence-electron chi connectivity index (χ1n) is 5.69. The van der Waals surface area contributed by atoms with Gasteiger partial charge in [-0.2, -0.15) is 0 Å². The van der Waals surface area contributed by atoms with Crippen LogP contribution >= 0.6 is 24.0 Å². The molecular weight excluding hydrogens is 256 g/mol. The molecule has 2 fully saturated rings. The Kier molecular flexibility index (Phi) is 3.40. The molecule has 0 spiro atoms. The zero-order valence-electron chi connectivity index (χ0n) is 10.6. The van der Waals surface area contributed by atoms with Crippen LogP contribution in [0.5, 0.6) is 0 Å². The summed E-state index contributed by atoms with van der Waals surface area (Å²) in [6.07, 6.45) is 0.906. The number of rotatable bonds is 1. The van der Waals surface area contributed by atoms with E-state index >= 15 is 0 Å². The van der Waals surface area contributed by atoms with Gasteiger partial charge in [0.15, 0.2) is 0 Å². The van der Waals surface area contributed by atoms with Crippen LogP contribution in [0.15, 0.2) is 0 Å². The maximum Gasteiger partial charge on any atom is 0.240 e. The fourth-order valence-corrected chi connectivity index (χ4v) is 3.67. The molecule has 0 saturated carbocycles. The second-order valence-electron chi connectivity index (χ2n) is 5.06. The Morgan fingerprint density at radius 1 is 1.59 bits per heavy atom. The molecule has 6 heteroatoms. The van der Waals surface area contributed by atoms with Gasteiger partial charge in [-0.3, -0.25) is 4.79 Å². The summed E-state index contributed by atoms with van der Waals surface area (Å²) in [6.45, 7) is 4.61. The minimum absolute atomic E-state index is 0.0203. The summed E-state index contributed by atoms with van der Waals surface area (Å²) in [5.74, 6) is 0.147. The molecular formula is C11H18N2O2S2. The first-order chi connectivity index (χ1) is 7.84. The van der Waals surface area contributed by atoms with E-state index < -0.39 is 5.72 Å². The van der Waals surface area contributed by atoms with E-state index in [1.807, 2.05) is 37.7 Å². The van der Waals surface area contributed by atoms with Gasteiger partial charge in [0.05, 0.1) is 12.6 Å². The van der Waals surface area contributed by atoms with Crippen LogP contribution < -0.4 is 0 Å². The zero-order chi connectivity index (χ0) is 12.8. The van der Waals surface area contributed by atoms with Gasteiger partial charge in [0.2, 0.25) is 5.91 Å². The zero-order valence-corrected chi connectivity index (χ0v) is 12.2. The molecule has 2 unspecified atom stereocenters. The smallest absolute Gasteiger partial charge is 0.240 e. The molecule has 2 aliphatic heterocycles. The van der Waals surface area contributed by atoms with E-state index in [4.69, 9.17) is 17.0 Å². The second kappa shape index (κ2) is 4.40. The van der Waals surface area contributed by atoms with Crippen LogP contribution in [-0.4, -0.2) is 57.7 Å². The summed E-state index contributed by atoms with van der Waals surface area (Å²) >= 11 is 6.74. The van der Waals surface area contributed by atoms with Gasteiger partial charge >= 0.3 is 0 Å². The van der Waals surface area contributed by atoms with E-state index in [1.54, 1.807) is 0 Å². The molecule has 2 saturated heterocycles. The van der Waals surface area contributed by atoms with Gasteiger partial charge < -0.3 is 14.5 Å². The molecule has 0 radical (unpaired) electrons. The Bertz CT molecular complexity index is 357. The van der Waals surface area contributed by atoms with Crippen LogP contribution in [0.1, 0.15) is 20.3 Å². The molecule has 2 aliphatic rings. The third-order valence-electron chi connectivity index (χ3n) is 3.20. The van der Waals surface area contributed by atoms with Crippen molar-refractivity contribution in [2.75, 3.05) is 20.7 Å². The van der Waals surface area contributed by atoms with Crippen molar-refractivity contribution in [2.24, 2.45) is 0 Å². The molecule has 96 valence electrons. The van der Waals surface area contributed by atoms with Crippen molar-refractivity contribution < 1.29 is 9.53 Å². The third kappa shape index (κ3) is 2.18. The average Bonchev–Trinajstić information content (AvgIpc) is 2.23. The Balaban J connectivity index is 2.04. The summed E-state index contributed by atoms with van der Waals surface area (Å²) in [6, 6.07) is 0.272. The SMILES string of the molecule is CN(C)C(=S)SC1C(=O)N2C1CCOC2(C)C. The molecule has 4 nitrogen and oxygen atoms in total. The van der Waals surface area contributed by atoms with Crippen molar-refractivity contribution in [1.29, 1.82) is 0 Å². The average molecular weight is 274 g/mol. The number of thiocarbonyl (C=S) groups is 1. The van der Waals surface area contributed by atoms with Crippen LogP contribution in [0.4, 0.5) is 0 Å². The van der Waals surface area contributed by atoms with Gasteiger partial charge in [0.25, 0.3) is 0 Å². The van der Waals surface area contributed by atoms with Crippen molar-refractivity contribution in [3.63, 3.8) is 0 Å². The number of ether oxygens (including phenoxy) is 1. The normalized spacial score (nSPS) is 30.6. The molecule has 0 N–H and O–H groups in total. The number of hydrogen-bond donors (Lipinski definition) is 0. The highest BCUT2D eigenvalue weighted by Gasteiger charge is 2.56. The number of thioether (sulfide) groups is 1. The summed E-state index contributed by atoms with van der Waals surface area (Å²) in [7, 11) is 3.81. The predicted molar refractivity (Wildman–Crippen MR) is 72.9 cm³/mol. The Hall–Kier alpha value is -0.330. The highest BCUT2D eigenvalue weighted by molar-refractivity contribution is 8.23. The Labute approximate surface area is 112 Å². The lowest BCUT2D eigenvalue weighted by Gasteiger charge is -2.57. The fourth-order valence-electron chi connectivity index (χ4n) is 2.31. The number of β-lactam (4-membered cyclic amide) rings is 1. The van der Waals surface area contributed by atoms with Crippen LogP contribution in [0.25, 0.3) is 0 Å². The molecule has 2 atom stereocenters. The molecule has 1 amide bonds. The quantitative estimate of drug-likeness (QED) is 0.532. The van der Waals surface area contributed by atoms with Crippen molar-refractivity contribution in [3.05, 3.63) is 0 Å². The first-order valence-corrected chi connectivity index (χ1v) is 6.98. The Morgan fingerprint density at radius 2 is 2.24 bits per heavy atom. The van der Waals surface area contributed by atoms with E-state index in [9.17, 15) is 4.79 Å². The van der Waals surface area contributed by atoms with E-state index in [0.29, 0.717) is 6.61 Å². The van der Waals surface area contributed by atoms with Crippen LogP contribution in [0.3, 0.4) is 0 Å². The monoisotopic (exact) mass is 274 g/mol. The van der Waals surface area contributed by atoms with Crippen molar-refractivity contribution in [2.45, 2.75) is 37.3 Å². The summed E-state index contributed by atoms with van der Waals surface area (Å²) in [4.78, 5) is 15.8.